The number of urea groups is 1. The van der Waals surface area contributed by atoms with Crippen LogP contribution >= 0.6 is 0 Å². The molecule has 0 aliphatic carbocycles. The predicted molar refractivity (Wildman–Crippen MR) is 147 cm³/mol. The van der Waals surface area contributed by atoms with Crippen LogP contribution in [0.5, 0.6) is 0 Å². The van der Waals surface area contributed by atoms with Crippen LogP contribution in [0.25, 0.3) is 0 Å². The summed E-state index contributed by atoms with van der Waals surface area (Å²) in [5.74, 6) is -1.69. The van der Waals surface area contributed by atoms with Gasteiger partial charge >= 0.3 is 6.03 Å². The fourth-order valence-corrected chi connectivity index (χ4v) is 4.48. The van der Waals surface area contributed by atoms with E-state index in [-0.39, 0.29) is 17.2 Å². The molecule has 0 saturated carbocycles. The molecule has 1 aliphatic heterocycles. The lowest BCUT2D eigenvalue weighted by Gasteiger charge is -2.37. The molecule has 0 unspecified atom stereocenters. The summed E-state index contributed by atoms with van der Waals surface area (Å²) in [7, 11) is 0. The molecule has 3 aromatic rings. The predicted octanol–water partition coefficient (Wildman–Crippen LogP) is 5.05. The van der Waals surface area contributed by atoms with E-state index in [1.54, 1.807) is 40.1 Å². The molecule has 0 spiro atoms. The van der Waals surface area contributed by atoms with Crippen molar-refractivity contribution in [3.63, 3.8) is 0 Å². The Morgan fingerprint density at radius 3 is 2.23 bits per heavy atom. The van der Waals surface area contributed by atoms with Crippen molar-refractivity contribution in [2.24, 2.45) is 0 Å². The third-order valence-electron chi connectivity index (χ3n) is 6.65. The molecule has 4 rings (SSSR count). The minimum atomic E-state index is -0.517. The maximum absolute atomic E-state index is 13.9. The zero-order chi connectivity index (χ0) is 27.9. The van der Waals surface area contributed by atoms with Crippen LogP contribution in [-0.4, -0.2) is 66.9 Å². The highest BCUT2D eigenvalue weighted by Gasteiger charge is 2.26. The maximum atomic E-state index is 13.9. The van der Waals surface area contributed by atoms with Gasteiger partial charge in [0.25, 0.3) is 11.8 Å². The molecule has 0 radical (unpaired) electrons. The smallest absolute Gasteiger partial charge is 0.322 e. The van der Waals surface area contributed by atoms with E-state index in [1.807, 2.05) is 18.7 Å². The Hall–Kier alpha value is -4.47. The number of hydrogen-bond acceptors (Lipinski definition) is 4. The quantitative estimate of drug-likeness (QED) is 0.443. The standard InChI is InChI=1S/C29H31F2N5O3/c1-3-34(4-2)28(38)23-19-22(32-27(37)20-8-7-9-21(30)18-20)12-13-26(23)35-14-16-36(17-15-35)29(39)33-25-11-6-5-10-24(25)31/h5-13,18-19H,3-4,14-17H2,1-2H3,(H,32,37)(H,33,39). The lowest BCUT2D eigenvalue weighted by Crippen LogP contribution is -2.50. The van der Waals surface area contributed by atoms with Crippen molar-refractivity contribution in [1.29, 1.82) is 0 Å². The van der Waals surface area contributed by atoms with E-state index in [9.17, 15) is 23.2 Å². The Morgan fingerprint density at radius 2 is 1.56 bits per heavy atom. The lowest BCUT2D eigenvalue weighted by molar-refractivity contribution is 0.0773. The maximum Gasteiger partial charge on any atom is 0.322 e. The van der Waals surface area contributed by atoms with Gasteiger partial charge in [-0.05, 0) is 62.4 Å². The summed E-state index contributed by atoms with van der Waals surface area (Å²) >= 11 is 0. The molecule has 2 N–H and O–H groups in total. The van der Waals surface area contributed by atoms with Crippen molar-refractivity contribution >= 4 is 34.9 Å². The number of nitrogens with one attached hydrogen (secondary N) is 2. The van der Waals surface area contributed by atoms with Crippen LogP contribution in [0.15, 0.2) is 66.7 Å². The lowest BCUT2D eigenvalue weighted by atomic mass is 10.1. The second-order valence-electron chi connectivity index (χ2n) is 9.06. The van der Waals surface area contributed by atoms with Crippen LogP contribution in [0, 0.1) is 11.6 Å². The van der Waals surface area contributed by atoms with Crippen LogP contribution in [0.1, 0.15) is 34.6 Å². The summed E-state index contributed by atoms with van der Waals surface area (Å²) in [4.78, 5) is 44.1. The second kappa shape index (κ2) is 12.4. The van der Waals surface area contributed by atoms with Gasteiger partial charge in [-0.3, -0.25) is 9.59 Å². The van der Waals surface area contributed by atoms with Crippen LogP contribution < -0.4 is 15.5 Å². The highest BCUT2D eigenvalue weighted by Crippen LogP contribution is 2.28. The molecule has 0 bridgehead atoms. The Balaban J connectivity index is 1.51. The molecule has 10 heteroatoms. The van der Waals surface area contributed by atoms with E-state index in [2.05, 4.69) is 10.6 Å². The molecule has 1 saturated heterocycles. The van der Waals surface area contributed by atoms with Crippen molar-refractivity contribution in [3.8, 4) is 0 Å². The van der Waals surface area contributed by atoms with Gasteiger partial charge in [-0.25, -0.2) is 13.6 Å². The summed E-state index contributed by atoms with van der Waals surface area (Å²) in [6, 6.07) is 16.1. The fraction of sp³-hybridized carbons (Fsp3) is 0.276. The number of rotatable bonds is 7. The number of halogens is 2. The SMILES string of the molecule is CCN(CC)C(=O)c1cc(NC(=O)c2cccc(F)c2)ccc1N1CCN(C(=O)Nc2ccccc2F)CC1. The van der Waals surface area contributed by atoms with Gasteiger partial charge in [0.2, 0.25) is 0 Å². The largest absolute Gasteiger partial charge is 0.367 e. The van der Waals surface area contributed by atoms with Crippen LogP contribution in [0.3, 0.4) is 0 Å². The van der Waals surface area contributed by atoms with E-state index in [0.717, 1.165) is 6.07 Å². The first-order chi connectivity index (χ1) is 18.8. The Morgan fingerprint density at radius 1 is 0.846 bits per heavy atom. The number of carbonyl (C=O) groups is 3. The minimum absolute atomic E-state index is 0.118. The van der Waals surface area contributed by atoms with Gasteiger partial charge in [-0.15, -0.1) is 0 Å². The third-order valence-corrected chi connectivity index (χ3v) is 6.65. The average molecular weight is 536 g/mol. The highest BCUT2D eigenvalue weighted by atomic mass is 19.1. The van der Waals surface area contributed by atoms with Gasteiger partial charge in [0.1, 0.15) is 11.6 Å². The number of anilines is 3. The summed E-state index contributed by atoms with van der Waals surface area (Å²) < 4.78 is 27.5. The van der Waals surface area contributed by atoms with E-state index >= 15 is 0 Å². The molecule has 204 valence electrons. The Labute approximate surface area is 226 Å². The van der Waals surface area contributed by atoms with Gasteiger partial charge in [-0.1, -0.05) is 18.2 Å². The molecule has 1 fully saturated rings. The molecule has 4 amide bonds. The van der Waals surface area contributed by atoms with Gasteiger partial charge in [-0.2, -0.15) is 0 Å². The third kappa shape index (κ3) is 6.51. The normalized spacial score (nSPS) is 13.1. The Kier molecular flexibility index (Phi) is 8.75. The first-order valence-electron chi connectivity index (χ1n) is 12.9. The molecule has 3 aromatic carbocycles. The van der Waals surface area contributed by atoms with Gasteiger partial charge in [0, 0.05) is 56.2 Å². The molecule has 1 aliphatic rings. The van der Waals surface area contributed by atoms with E-state index < -0.39 is 23.6 Å². The molecule has 0 aromatic heterocycles. The Bertz CT molecular complexity index is 1350. The van der Waals surface area contributed by atoms with Crippen LogP contribution in [0.2, 0.25) is 0 Å². The molecule has 8 nitrogen and oxygen atoms in total. The minimum Gasteiger partial charge on any atom is -0.367 e. The van der Waals surface area contributed by atoms with Crippen molar-refractivity contribution in [2.75, 3.05) is 54.8 Å². The van der Waals surface area contributed by atoms with Gasteiger partial charge in [0.15, 0.2) is 0 Å². The zero-order valence-corrected chi connectivity index (χ0v) is 21.9. The summed E-state index contributed by atoms with van der Waals surface area (Å²) in [6.07, 6.45) is 0. The number of benzene rings is 3. The number of para-hydroxylation sites is 1. The van der Waals surface area contributed by atoms with E-state index in [0.29, 0.717) is 56.2 Å². The first kappa shape index (κ1) is 27.6. The number of hydrogen-bond donors (Lipinski definition) is 2. The molecular formula is C29H31F2N5O3. The van der Waals surface area contributed by atoms with Gasteiger partial charge < -0.3 is 25.3 Å². The number of carbonyl (C=O) groups excluding carboxylic acids is 3. The van der Waals surface area contributed by atoms with Gasteiger partial charge in [0.05, 0.1) is 11.3 Å². The number of nitrogens with zero attached hydrogens (tertiary/aromatic N) is 3. The van der Waals surface area contributed by atoms with Crippen molar-refractivity contribution in [1.82, 2.24) is 9.80 Å². The average Bonchev–Trinajstić information content (AvgIpc) is 2.95. The van der Waals surface area contributed by atoms with Crippen molar-refractivity contribution in [2.45, 2.75) is 13.8 Å². The summed E-state index contributed by atoms with van der Waals surface area (Å²) in [5, 5.41) is 5.35. The fourth-order valence-electron chi connectivity index (χ4n) is 4.48. The summed E-state index contributed by atoms with van der Waals surface area (Å²) in [6.45, 7) is 6.47. The van der Waals surface area contributed by atoms with Crippen LogP contribution in [0.4, 0.5) is 30.6 Å². The van der Waals surface area contributed by atoms with E-state index in [1.165, 1.54) is 30.3 Å². The molecular weight excluding hydrogens is 504 g/mol. The monoisotopic (exact) mass is 535 g/mol. The second-order valence-corrected chi connectivity index (χ2v) is 9.06. The first-order valence-corrected chi connectivity index (χ1v) is 12.9. The molecule has 0 atom stereocenters. The molecule has 1 heterocycles. The molecule has 39 heavy (non-hydrogen) atoms. The number of piperazine rings is 1. The zero-order valence-electron chi connectivity index (χ0n) is 21.9. The highest BCUT2D eigenvalue weighted by molar-refractivity contribution is 6.06. The van der Waals surface area contributed by atoms with E-state index in [4.69, 9.17) is 0 Å². The topological polar surface area (TPSA) is 85.0 Å². The number of amides is 4. The van der Waals surface area contributed by atoms with Crippen LogP contribution in [-0.2, 0) is 0 Å². The summed E-state index contributed by atoms with van der Waals surface area (Å²) in [5.41, 5.74) is 1.80. The van der Waals surface area contributed by atoms with Crippen molar-refractivity contribution < 1.29 is 23.2 Å². The van der Waals surface area contributed by atoms with Crippen molar-refractivity contribution in [3.05, 3.63) is 89.5 Å².